The number of nitrogens with two attached hydrogens (primary N) is 1. The topological polar surface area (TPSA) is 58.4 Å². The standard InChI is InChI=1S/C11H14FN3O/c12-8-3-4-10(9(13)7-8)14-11(16)15-5-1-2-6-15/h3-4,7H,1-2,5-6,13H2,(H,14,16). The molecule has 0 unspecified atom stereocenters. The SMILES string of the molecule is Nc1cc(F)ccc1NC(=O)N1CCCC1. The average Bonchev–Trinajstić information content (AvgIpc) is 2.75. The van der Waals surface area contributed by atoms with Crippen LogP contribution >= 0.6 is 0 Å². The van der Waals surface area contributed by atoms with Crippen LogP contribution in [0.3, 0.4) is 0 Å². The Balaban J connectivity index is 2.05. The highest BCUT2D eigenvalue weighted by molar-refractivity contribution is 5.92. The number of amides is 2. The number of rotatable bonds is 1. The molecule has 2 amide bonds. The Kier molecular flexibility index (Phi) is 2.94. The van der Waals surface area contributed by atoms with Gasteiger partial charge in [-0.1, -0.05) is 0 Å². The molecule has 2 rings (SSSR count). The number of carbonyl (C=O) groups excluding carboxylic acids is 1. The van der Waals surface area contributed by atoms with Gasteiger partial charge in [-0.2, -0.15) is 0 Å². The van der Waals surface area contributed by atoms with E-state index < -0.39 is 5.82 Å². The van der Waals surface area contributed by atoms with Crippen molar-refractivity contribution in [1.82, 2.24) is 4.90 Å². The Morgan fingerprint density at radius 1 is 1.38 bits per heavy atom. The lowest BCUT2D eigenvalue weighted by molar-refractivity contribution is 0.222. The first kappa shape index (κ1) is 10.7. The second kappa shape index (κ2) is 4.38. The van der Waals surface area contributed by atoms with Crippen molar-refractivity contribution in [3.63, 3.8) is 0 Å². The molecule has 3 N–H and O–H groups in total. The van der Waals surface area contributed by atoms with E-state index in [1.165, 1.54) is 18.2 Å². The van der Waals surface area contributed by atoms with Gasteiger partial charge in [-0.15, -0.1) is 0 Å². The zero-order valence-electron chi connectivity index (χ0n) is 8.87. The summed E-state index contributed by atoms with van der Waals surface area (Å²) in [5.74, 6) is -0.406. The summed E-state index contributed by atoms with van der Waals surface area (Å²) in [6.07, 6.45) is 2.07. The van der Waals surface area contributed by atoms with Crippen molar-refractivity contribution in [1.29, 1.82) is 0 Å². The van der Waals surface area contributed by atoms with Crippen molar-refractivity contribution in [2.24, 2.45) is 0 Å². The highest BCUT2D eigenvalue weighted by Crippen LogP contribution is 2.20. The number of nitrogen functional groups attached to an aromatic ring is 1. The minimum atomic E-state index is -0.406. The van der Waals surface area contributed by atoms with Crippen molar-refractivity contribution < 1.29 is 9.18 Å². The highest BCUT2D eigenvalue weighted by Gasteiger charge is 2.18. The van der Waals surface area contributed by atoms with E-state index in [9.17, 15) is 9.18 Å². The fraction of sp³-hybridized carbons (Fsp3) is 0.364. The van der Waals surface area contributed by atoms with Gasteiger partial charge in [-0.3, -0.25) is 0 Å². The van der Waals surface area contributed by atoms with E-state index >= 15 is 0 Å². The number of benzene rings is 1. The second-order valence-corrected chi connectivity index (χ2v) is 3.86. The zero-order valence-corrected chi connectivity index (χ0v) is 8.87. The lowest BCUT2D eigenvalue weighted by Gasteiger charge is -2.17. The summed E-state index contributed by atoms with van der Waals surface area (Å²) >= 11 is 0. The lowest BCUT2D eigenvalue weighted by atomic mass is 10.2. The fourth-order valence-corrected chi connectivity index (χ4v) is 1.76. The molecule has 0 aromatic heterocycles. The predicted octanol–water partition coefficient (Wildman–Crippen LogP) is 2.04. The largest absolute Gasteiger partial charge is 0.397 e. The number of carbonyl (C=O) groups is 1. The number of nitrogens with zero attached hydrogens (tertiary/aromatic N) is 1. The van der Waals surface area contributed by atoms with E-state index in [4.69, 9.17) is 5.73 Å². The minimum absolute atomic E-state index is 0.171. The minimum Gasteiger partial charge on any atom is -0.397 e. The monoisotopic (exact) mass is 223 g/mol. The van der Waals surface area contributed by atoms with Crippen LogP contribution in [0, 0.1) is 5.82 Å². The maximum Gasteiger partial charge on any atom is 0.321 e. The Labute approximate surface area is 93.2 Å². The molecule has 1 aromatic carbocycles. The number of likely N-dealkylation sites (tertiary alicyclic amines) is 1. The Morgan fingerprint density at radius 3 is 2.69 bits per heavy atom. The van der Waals surface area contributed by atoms with Crippen molar-refractivity contribution in [2.75, 3.05) is 24.1 Å². The molecular formula is C11H14FN3O. The van der Waals surface area contributed by atoms with Gasteiger partial charge >= 0.3 is 6.03 Å². The summed E-state index contributed by atoms with van der Waals surface area (Å²) in [5.41, 5.74) is 6.29. The summed E-state index contributed by atoms with van der Waals surface area (Å²) in [7, 11) is 0. The van der Waals surface area contributed by atoms with Crippen LogP contribution in [-0.4, -0.2) is 24.0 Å². The number of hydrogen-bond donors (Lipinski definition) is 2. The van der Waals surface area contributed by atoms with Crippen molar-refractivity contribution in [2.45, 2.75) is 12.8 Å². The quantitative estimate of drug-likeness (QED) is 0.716. The van der Waals surface area contributed by atoms with Gasteiger partial charge in [0.05, 0.1) is 11.4 Å². The van der Waals surface area contributed by atoms with Crippen molar-refractivity contribution in [3.05, 3.63) is 24.0 Å². The van der Waals surface area contributed by atoms with Gasteiger partial charge in [0, 0.05) is 13.1 Å². The molecule has 16 heavy (non-hydrogen) atoms. The third-order valence-corrected chi connectivity index (χ3v) is 2.65. The molecule has 0 radical (unpaired) electrons. The van der Waals surface area contributed by atoms with Crippen LogP contribution in [0.1, 0.15) is 12.8 Å². The van der Waals surface area contributed by atoms with E-state index in [-0.39, 0.29) is 11.7 Å². The van der Waals surface area contributed by atoms with Gasteiger partial charge in [0.15, 0.2) is 0 Å². The molecule has 0 saturated carbocycles. The maximum atomic E-state index is 12.8. The van der Waals surface area contributed by atoms with Gasteiger partial charge in [-0.25, -0.2) is 9.18 Å². The van der Waals surface area contributed by atoms with Crippen LogP contribution in [0.5, 0.6) is 0 Å². The maximum absolute atomic E-state index is 12.8. The molecule has 0 bridgehead atoms. The Morgan fingerprint density at radius 2 is 2.06 bits per heavy atom. The Hall–Kier alpha value is -1.78. The second-order valence-electron chi connectivity index (χ2n) is 3.86. The Bertz CT molecular complexity index is 402. The van der Waals surface area contributed by atoms with Crippen LogP contribution in [0.2, 0.25) is 0 Å². The summed E-state index contributed by atoms with van der Waals surface area (Å²) in [6.45, 7) is 1.54. The molecular weight excluding hydrogens is 209 g/mol. The molecule has 1 saturated heterocycles. The molecule has 86 valence electrons. The van der Waals surface area contributed by atoms with E-state index in [0.717, 1.165) is 25.9 Å². The van der Waals surface area contributed by atoms with E-state index in [1.54, 1.807) is 4.90 Å². The molecule has 1 fully saturated rings. The zero-order chi connectivity index (χ0) is 11.5. The van der Waals surface area contributed by atoms with Gasteiger partial charge < -0.3 is 16.0 Å². The molecule has 0 atom stereocenters. The van der Waals surface area contributed by atoms with E-state index in [1.807, 2.05) is 0 Å². The summed E-state index contributed by atoms with van der Waals surface area (Å²) in [5, 5.41) is 2.67. The molecule has 0 spiro atoms. The van der Waals surface area contributed by atoms with E-state index in [0.29, 0.717) is 5.69 Å². The first-order valence-electron chi connectivity index (χ1n) is 5.28. The molecule has 4 nitrogen and oxygen atoms in total. The molecule has 1 aromatic rings. The van der Waals surface area contributed by atoms with Crippen LogP contribution in [0.15, 0.2) is 18.2 Å². The molecule has 5 heteroatoms. The summed E-state index contributed by atoms with van der Waals surface area (Å²) < 4.78 is 12.8. The number of halogens is 1. The van der Waals surface area contributed by atoms with E-state index in [2.05, 4.69) is 5.32 Å². The third-order valence-electron chi connectivity index (χ3n) is 2.65. The van der Waals surface area contributed by atoms with Crippen molar-refractivity contribution >= 4 is 17.4 Å². The third kappa shape index (κ3) is 2.24. The molecule has 1 heterocycles. The van der Waals surface area contributed by atoms with Gasteiger partial charge in [-0.05, 0) is 31.0 Å². The van der Waals surface area contributed by atoms with Crippen LogP contribution in [0.25, 0.3) is 0 Å². The number of anilines is 2. The lowest BCUT2D eigenvalue weighted by Crippen LogP contribution is -2.32. The smallest absolute Gasteiger partial charge is 0.321 e. The fourth-order valence-electron chi connectivity index (χ4n) is 1.76. The number of nitrogens with one attached hydrogen (secondary N) is 1. The van der Waals surface area contributed by atoms with Gasteiger partial charge in [0.25, 0.3) is 0 Å². The van der Waals surface area contributed by atoms with Crippen LogP contribution in [0.4, 0.5) is 20.6 Å². The summed E-state index contributed by atoms with van der Waals surface area (Å²) in [4.78, 5) is 13.4. The highest BCUT2D eigenvalue weighted by atomic mass is 19.1. The number of hydrogen-bond acceptors (Lipinski definition) is 2. The first-order valence-corrected chi connectivity index (χ1v) is 5.28. The molecule has 1 aliphatic rings. The predicted molar refractivity (Wildman–Crippen MR) is 60.6 cm³/mol. The van der Waals surface area contributed by atoms with Gasteiger partial charge in [0.2, 0.25) is 0 Å². The normalized spacial score (nSPS) is 15.2. The van der Waals surface area contributed by atoms with Crippen LogP contribution < -0.4 is 11.1 Å². The number of urea groups is 1. The molecule has 1 aliphatic heterocycles. The first-order chi connectivity index (χ1) is 7.66. The summed E-state index contributed by atoms with van der Waals surface area (Å²) in [6, 6.07) is 3.77. The van der Waals surface area contributed by atoms with Crippen molar-refractivity contribution in [3.8, 4) is 0 Å². The van der Waals surface area contributed by atoms with Crippen LogP contribution in [-0.2, 0) is 0 Å². The average molecular weight is 223 g/mol. The molecule has 0 aliphatic carbocycles. The van der Waals surface area contributed by atoms with Gasteiger partial charge in [0.1, 0.15) is 5.82 Å².